The number of nitrogens with one attached hydrogen (secondary N) is 3. The molecule has 10 nitrogen and oxygen atoms in total. The number of rotatable bonds is 7. The zero-order valence-electron chi connectivity index (χ0n) is 17.3. The fourth-order valence-electron chi connectivity index (χ4n) is 3.13. The molecular formula is C21H20N4O6S2. The number of anilines is 1. The van der Waals surface area contributed by atoms with Crippen LogP contribution in [-0.4, -0.2) is 34.6 Å². The van der Waals surface area contributed by atoms with Gasteiger partial charge in [0.25, 0.3) is 10.0 Å². The van der Waals surface area contributed by atoms with Gasteiger partial charge in [0.2, 0.25) is 15.9 Å². The van der Waals surface area contributed by atoms with E-state index in [1.807, 2.05) is 0 Å². The summed E-state index contributed by atoms with van der Waals surface area (Å²) in [7, 11) is -7.57. The Hall–Kier alpha value is -3.48. The van der Waals surface area contributed by atoms with Crippen molar-refractivity contribution in [3.8, 4) is 0 Å². The second-order valence-corrected chi connectivity index (χ2v) is 10.6. The molecule has 1 aliphatic rings. The molecular weight excluding hydrogens is 468 g/mol. The van der Waals surface area contributed by atoms with Crippen LogP contribution in [0.25, 0.3) is 0 Å². The average molecular weight is 489 g/mol. The molecule has 0 saturated heterocycles. The molecule has 1 atom stereocenters. The van der Waals surface area contributed by atoms with Crippen molar-refractivity contribution in [1.82, 2.24) is 9.44 Å². The lowest BCUT2D eigenvalue weighted by Crippen LogP contribution is -2.29. The first-order chi connectivity index (χ1) is 15.7. The van der Waals surface area contributed by atoms with Crippen molar-refractivity contribution in [2.24, 2.45) is 4.99 Å². The maximum atomic E-state index is 12.6. The maximum absolute atomic E-state index is 12.6. The third-order valence-corrected chi connectivity index (χ3v) is 7.59. The average Bonchev–Trinajstić information content (AvgIpc) is 3.39. The Morgan fingerprint density at radius 3 is 2.67 bits per heavy atom. The van der Waals surface area contributed by atoms with E-state index in [0.717, 1.165) is 0 Å². The highest BCUT2D eigenvalue weighted by Gasteiger charge is 2.31. The van der Waals surface area contributed by atoms with E-state index in [0.29, 0.717) is 11.3 Å². The summed E-state index contributed by atoms with van der Waals surface area (Å²) in [4.78, 5) is 16.9. The number of hydrogen-bond donors (Lipinski definition) is 3. The predicted octanol–water partition coefficient (Wildman–Crippen LogP) is 1.82. The Balaban J connectivity index is 1.47. The first-order valence-corrected chi connectivity index (χ1v) is 12.8. The molecule has 1 amide bonds. The number of nitrogens with zero attached hydrogens (tertiary/aromatic N) is 1. The van der Waals surface area contributed by atoms with E-state index < -0.39 is 32.0 Å². The number of sulfonamides is 2. The van der Waals surface area contributed by atoms with Crippen molar-refractivity contribution in [2.45, 2.75) is 29.3 Å². The largest absolute Gasteiger partial charge is 0.468 e. The summed E-state index contributed by atoms with van der Waals surface area (Å²) in [5, 5.41) is 2.61. The Kier molecular flexibility index (Phi) is 6.06. The number of carbonyl (C=O) groups is 1. The van der Waals surface area contributed by atoms with Gasteiger partial charge >= 0.3 is 0 Å². The van der Waals surface area contributed by atoms with Gasteiger partial charge in [-0.25, -0.2) is 21.6 Å². The molecule has 0 fully saturated rings. The van der Waals surface area contributed by atoms with E-state index in [4.69, 9.17) is 4.42 Å². The number of aliphatic imine (C=N–C) groups is 1. The van der Waals surface area contributed by atoms with Gasteiger partial charge in [-0.3, -0.25) is 14.5 Å². The van der Waals surface area contributed by atoms with Crippen LogP contribution in [0, 0.1) is 0 Å². The molecule has 33 heavy (non-hydrogen) atoms. The van der Waals surface area contributed by atoms with Crippen molar-refractivity contribution in [3.63, 3.8) is 0 Å². The topological polar surface area (TPSA) is 147 Å². The maximum Gasteiger partial charge on any atom is 0.263 e. The molecule has 0 spiro atoms. The normalized spacial score (nSPS) is 16.7. The molecule has 0 radical (unpaired) electrons. The van der Waals surface area contributed by atoms with Gasteiger partial charge in [-0.15, -0.1) is 0 Å². The van der Waals surface area contributed by atoms with Crippen molar-refractivity contribution in [2.75, 3.05) is 5.32 Å². The van der Waals surface area contributed by atoms with Gasteiger partial charge < -0.3 is 9.73 Å². The van der Waals surface area contributed by atoms with Crippen molar-refractivity contribution >= 4 is 37.5 Å². The minimum atomic E-state index is -3.85. The van der Waals surface area contributed by atoms with Crippen molar-refractivity contribution in [3.05, 3.63) is 78.3 Å². The quantitative estimate of drug-likeness (QED) is 0.462. The van der Waals surface area contributed by atoms with Crippen LogP contribution in [0.3, 0.4) is 0 Å². The molecule has 3 aromatic rings. The van der Waals surface area contributed by atoms with E-state index >= 15 is 0 Å². The molecule has 172 valence electrons. The van der Waals surface area contributed by atoms with Crippen LogP contribution in [0.2, 0.25) is 0 Å². The summed E-state index contributed by atoms with van der Waals surface area (Å²) in [6, 6.07) is 14.4. The predicted molar refractivity (Wildman–Crippen MR) is 121 cm³/mol. The van der Waals surface area contributed by atoms with Gasteiger partial charge in [0.15, 0.2) is 0 Å². The second kappa shape index (κ2) is 8.81. The molecule has 2 heterocycles. The van der Waals surface area contributed by atoms with Crippen LogP contribution >= 0.6 is 0 Å². The standard InChI is InChI=1S/C21H20N4O6S2/c1-14(23-20-18-9-2-3-10-19(18)33(29,30)25-20)21(26)24-15-6-4-8-17(12-15)32(27,28)22-13-16-7-5-11-31-16/h2-12,14,22H,13H2,1H3,(H,23,25)(H,24,26)/t14-/m1/s1. The van der Waals surface area contributed by atoms with E-state index in [-0.39, 0.29) is 27.9 Å². The highest BCUT2D eigenvalue weighted by atomic mass is 32.2. The lowest BCUT2D eigenvalue weighted by Gasteiger charge is -2.11. The highest BCUT2D eigenvalue weighted by molar-refractivity contribution is 7.90. The van der Waals surface area contributed by atoms with Crippen LogP contribution in [0.1, 0.15) is 18.2 Å². The molecule has 2 aromatic carbocycles. The Morgan fingerprint density at radius 2 is 1.91 bits per heavy atom. The van der Waals surface area contributed by atoms with E-state index in [9.17, 15) is 21.6 Å². The lowest BCUT2D eigenvalue weighted by molar-refractivity contribution is -0.117. The third-order valence-electron chi connectivity index (χ3n) is 4.79. The summed E-state index contributed by atoms with van der Waals surface area (Å²) >= 11 is 0. The summed E-state index contributed by atoms with van der Waals surface area (Å²) in [5.41, 5.74) is 0.633. The number of benzene rings is 2. The van der Waals surface area contributed by atoms with Gasteiger partial charge in [-0.05, 0) is 49.4 Å². The van der Waals surface area contributed by atoms with E-state index in [2.05, 4.69) is 19.8 Å². The number of hydrogen-bond acceptors (Lipinski definition) is 7. The monoisotopic (exact) mass is 488 g/mol. The minimum absolute atomic E-state index is 0.0160. The molecule has 0 saturated carbocycles. The van der Waals surface area contributed by atoms with Crippen molar-refractivity contribution < 1.29 is 26.0 Å². The number of amidine groups is 1. The zero-order chi connectivity index (χ0) is 23.6. The number of carbonyl (C=O) groups excluding carboxylic acids is 1. The van der Waals surface area contributed by atoms with E-state index in [1.165, 1.54) is 43.5 Å². The van der Waals surface area contributed by atoms with Crippen LogP contribution in [0.4, 0.5) is 5.69 Å². The van der Waals surface area contributed by atoms with Crippen molar-refractivity contribution in [1.29, 1.82) is 0 Å². The zero-order valence-corrected chi connectivity index (χ0v) is 19.0. The number of furan rings is 1. The Labute approximate surface area is 190 Å². The summed E-state index contributed by atoms with van der Waals surface area (Å²) < 4.78 is 59.4. The van der Waals surface area contributed by atoms with Crippen LogP contribution in [0.15, 0.2) is 86.1 Å². The van der Waals surface area contributed by atoms with E-state index in [1.54, 1.807) is 30.3 Å². The highest BCUT2D eigenvalue weighted by Crippen LogP contribution is 2.23. The van der Waals surface area contributed by atoms with Crippen LogP contribution < -0.4 is 14.8 Å². The molecule has 3 N–H and O–H groups in total. The number of fused-ring (bicyclic) bond motifs is 1. The molecule has 0 unspecified atom stereocenters. The molecule has 12 heteroatoms. The second-order valence-electron chi connectivity index (χ2n) is 7.18. The summed E-state index contributed by atoms with van der Waals surface area (Å²) in [6.07, 6.45) is 1.44. The van der Waals surface area contributed by atoms with Gasteiger partial charge in [0, 0.05) is 11.3 Å². The third kappa shape index (κ3) is 4.97. The Morgan fingerprint density at radius 1 is 1.12 bits per heavy atom. The molecule has 1 aromatic heterocycles. The van der Waals surface area contributed by atoms with Crippen LogP contribution in [0.5, 0.6) is 0 Å². The first kappa shape index (κ1) is 22.7. The first-order valence-electron chi connectivity index (χ1n) is 9.79. The number of amides is 1. The summed E-state index contributed by atoms with van der Waals surface area (Å²) in [6.45, 7) is 1.49. The van der Waals surface area contributed by atoms with Gasteiger partial charge in [-0.1, -0.05) is 18.2 Å². The SMILES string of the molecule is C[C@@H](N=C1NS(=O)(=O)c2ccccc21)C(=O)Nc1cccc(S(=O)(=O)NCc2ccco2)c1. The Bertz CT molecular complexity index is 1430. The lowest BCUT2D eigenvalue weighted by atomic mass is 10.2. The van der Waals surface area contributed by atoms with Gasteiger partial charge in [-0.2, -0.15) is 0 Å². The molecule has 4 rings (SSSR count). The van der Waals surface area contributed by atoms with Gasteiger partial charge in [0.05, 0.1) is 22.6 Å². The van der Waals surface area contributed by atoms with Gasteiger partial charge in [0.1, 0.15) is 17.6 Å². The summed E-state index contributed by atoms with van der Waals surface area (Å²) in [5.74, 6) is -0.00375. The fourth-order valence-corrected chi connectivity index (χ4v) is 5.41. The fraction of sp³-hybridized carbons (Fsp3) is 0.143. The molecule has 0 aliphatic carbocycles. The van der Waals surface area contributed by atoms with Crippen LogP contribution in [-0.2, 0) is 31.4 Å². The molecule has 1 aliphatic heterocycles. The minimum Gasteiger partial charge on any atom is -0.468 e. The molecule has 0 bridgehead atoms. The smallest absolute Gasteiger partial charge is 0.263 e.